The summed E-state index contributed by atoms with van der Waals surface area (Å²) in [4.78, 5) is 0. The summed E-state index contributed by atoms with van der Waals surface area (Å²) < 4.78 is 5.66. The van der Waals surface area contributed by atoms with Gasteiger partial charge in [-0.05, 0) is 72.6 Å². The van der Waals surface area contributed by atoms with E-state index in [-0.39, 0.29) is 0 Å². The molecular formula is C31H44O. The van der Waals surface area contributed by atoms with Crippen LogP contribution in [-0.2, 0) is 11.2 Å². The molecule has 0 N–H and O–H groups in total. The van der Waals surface area contributed by atoms with Gasteiger partial charge in [0, 0.05) is 6.61 Å². The summed E-state index contributed by atoms with van der Waals surface area (Å²) in [5.74, 6) is 1.44. The van der Waals surface area contributed by atoms with E-state index in [0.717, 1.165) is 12.5 Å². The molecule has 0 aliphatic heterocycles. The Morgan fingerprint density at radius 1 is 0.781 bits per heavy atom. The third-order valence-electron chi connectivity index (χ3n) is 7.17. The quantitative estimate of drug-likeness (QED) is 0.213. The number of unbranched alkanes of at least 4 members (excludes halogenated alkanes) is 6. The van der Waals surface area contributed by atoms with Gasteiger partial charge >= 0.3 is 0 Å². The predicted molar refractivity (Wildman–Crippen MR) is 139 cm³/mol. The van der Waals surface area contributed by atoms with E-state index in [9.17, 15) is 0 Å². The standard InChI is InChI=1S/C31H44O/c1-3-5-6-7-8-9-10-11-26-12-16-28(17-13-26)30-20-22-31(23-21-30)29-18-14-27(15-19-29)25-32-24-4-2/h4,12-13,16-17,20-23,27,29H,2-3,5-11,14-15,18-19,24-25H2,1H3. The highest BCUT2D eigenvalue weighted by atomic mass is 16.5. The average Bonchev–Trinajstić information content (AvgIpc) is 2.85. The molecule has 1 aliphatic carbocycles. The van der Waals surface area contributed by atoms with Crippen LogP contribution in [0.15, 0.2) is 61.2 Å². The lowest BCUT2D eigenvalue weighted by molar-refractivity contribution is 0.102. The molecular weight excluding hydrogens is 388 g/mol. The van der Waals surface area contributed by atoms with E-state index in [1.54, 1.807) is 0 Å². The Balaban J connectivity index is 1.41. The van der Waals surface area contributed by atoms with Gasteiger partial charge in [0.15, 0.2) is 0 Å². The van der Waals surface area contributed by atoms with Gasteiger partial charge in [0.05, 0.1) is 6.61 Å². The molecule has 0 radical (unpaired) electrons. The van der Waals surface area contributed by atoms with Crippen LogP contribution >= 0.6 is 0 Å². The van der Waals surface area contributed by atoms with E-state index in [1.807, 2.05) is 6.08 Å². The maximum Gasteiger partial charge on any atom is 0.0644 e. The fourth-order valence-electron chi connectivity index (χ4n) is 5.08. The maximum absolute atomic E-state index is 5.66. The van der Waals surface area contributed by atoms with Crippen LogP contribution in [0.25, 0.3) is 11.1 Å². The Bertz CT molecular complexity index is 750. The number of hydrogen-bond acceptors (Lipinski definition) is 1. The van der Waals surface area contributed by atoms with Crippen molar-refractivity contribution in [2.45, 2.75) is 89.9 Å². The molecule has 0 unspecified atom stereocenters. The van der Waals surface area contributed by atoms with Crippen molar-refractivity contribution in [1.82, 2.24) is 0 Å². The normalized spacial score (nSPS) is 18.5. The molecule has 0 bridgehead atoms. The zero-order chi connectivity index (χ0) is 22.4. The highest BCUT2D eigenvalue weighted by Gasteiger charge is 2.22. The van der Waals surface area contributed by atoms with Gasteiger partial charge in [-0.15, -0.1) is 6.58 Å². The van der Waals surface area contributed by atoms with Crippen LogP contribution in [0.3, 0.4) is 0 Å². The number of hydrogen-bond donors (Lipinski definition) is 0. The molecule has 0 heterocycles. The number of rotatable bonds is 14. The van der Waals surface area contributed by atoms with Gasteiger partial charge in [0.1, 0.15) is 0 Å². The minimum atomic E-state index is 0.682. The molecule has 0 spiro atoms. The van der Waals surface area contributed by atoms with Crippen LogP contribution in [0.2, 0.25) is 0 Å². The summed E-state index contributed by atoms with van der Waals surface area (Å²) in [6, 6.07) is 18.6. The van der Waals surface area contributed by atoms with Crippen LogP contribution in [0.1, 0.15) is 94.6 Å². The molecule has 2 aromatic rings. The average molecular weight is 433 g/mol. The lowest BCUT2D eigenvalue weighted by Gasteiger charge is -2.28. The smallest absolute Gasteiger partial charge is 0.0644 e. The lowest BCUT2D eigenvalue weighted by Crippen LogP contribution is -2.18. The predicted octanol–water partition coefficient (Wildman–Crippen LogP) is 9.12. The highest BCUT2D eigenvalue weighted by molar-refractivity contribution is 5.64. The largest absolute Gasteiger partial charge is 0.377 e. The summed E-state index contributed by atoms with van der Waals surface area (Å²) >= 11 is 0. The summed E-state index contributed by atoms with van der Waals surface area (Å²) in [6.45, 7) is 7.59. The highest BCUT2D eigenvalue weighted by Crippen LogP contribution is 2.36. The SMILES string of the molecule is C=CCOCC1CCC(c2ccc(-c3ccc(CCCCCCCCC)cc3)cc2)CC1. The van der Waals surface area contributed by atoms with Crippen molar-refractivity contribution in [3.63, 3.8) is 0 Å². The van der Waals surface area contributed by atoms with Crippen molar-refractivity contribution in [2.75, 3.05) is 13.2 Å². The zero-order valence-electron chi connectivity index (χ0n) is 20.4. The Labute approximate surface area is 197 Å². The number of ether oxygens (including phenoxy) is 1. The molecule has 32 heavy (non-hydrogen) atoms. The summed E-state index contributed by atoms with van der Waals surface area (Å²) in [7, 11) is 0. The summed E-state index contributed by atoms with van der Waals surface area (Å²) in [5.41, 5.74) is 5.66. The van der Waals surface area contributed by atoms with Gasteiger partial charge in [-0.2, -0.15) is 0 Å². The van der Waals surface area contributed by atoms with Crippen LogP contribution < -0.4 is 0 Å². The Hall–Kier alpha value is -1.86. The maximum atomic E-state index is 5.66. The van der Waals surface area contributed by atoms with Crippen LogP contribution in [-0.4, -0.2) is 13.2 Å². The van der Waals surface area contributed by atoms with E-state index >= 15 is 0 Å². The van der Waals surface area contributed by atoms with Crippen LogP contribution in [0, 0.1) is 5.92 Å². The van der Waals surface area contributed by atoms with Gasteiger partial charge in [0.25, 0.3) is 0 Å². The molecule has 174 valence electrons. The molecule has 0 aromatic heterocycles. The fraction of sp³-hybridized carbons (Fsp3) is 0.548. The first-order valence-corrected chi connectivity index (χ1v) is 13.2. The van der Waals surface area contributed by atoms with E-state index < -0.39 is 0 Å². The second kappa shape index (κ2) is 14.3. The second-order valence-electron chi connectivity index (χ2n) is 9.73. The van der Waals surface area contributed by atoms with E-state index in [2.05, 4.69) is 62.0 Å². The summed E-state index contributed by atoms with van der Waals surface area (Å²) in [5, 5.41) is 0. The van der Waals surface area contributed by atoms with Gasteiger partial charge in [-0.1, -0.05) is 100 Å². The van der Waals surface area contributed by atoms with Gasteiger partial charge in [-0.25, -0.2) is 0 Å². The van der Waals surface area contributed by atoms with E-state index in [0.29, 0.717) is 12.5 Å². The van der Waals surface area contributed by atoms with Crippen LogP contribution in [0.5, 0.6) is 0 Å². The first kappa shape index (κ1) is 24.8. The molecule has 1 saturated carbocycles. The van der Waals surface area contributed by atoms with Gasteiger partial charge in [-0.3, -0.25) is 0 Å². The van der Waals surface area contributed by atoms with E-state index in [1.165, 1.54) is 99.3 Å². The third-order valence-corrected chi connectivity index (χ3v) is 7.17. The van der Waals surface area contributed by atoms with Crippen molar-refractivity contribution >= 4 is 0 Å². The summed E-state index contributed by atoms with van der Waals surface area (Å²) in [6.07, 6.45) is 17.8. The zero-order valence-corrected chi connectivity index (χ0v) is 20.4. The van der Waals surface area contributed by atoms with Crippen molar-refractivity contribution in [1.29, 1.82) is 0 Å². The molecule has 1 nitrogen and oxygen atoms in total. The second-order valence-corrected chi connectivity index (χ2v) is 9.73. The van der Waals surface area contributed by atoms with Crippen molar-refractivity contribution in [3.05, 3.63) is 72.3 Å². The minimum absolute atomic E-state index is 0.682. The first-order chi connectivity index (χ1) is 15.8. The first-order valence-electron chi connectivity index (χ1n) is 13.2. The molecule has 0 atom stereocenters. The Morgan fingerprint density at radius 3 is 2.00 bits per heavy atom. The van der Waals surface area contributed by atoms with Crippen molar-refractivity contribution in [2.24, 2.45) is 5.92 Å². The van der Waals surface area contributed by atoms with Crippen molar-refractivity contribution < 1.29 is 4.74 Å². The topological polar surface area (TPSA) is 9.23 Å². The molecule has 1 aliphatic rings. The molecule has 2 aromatic carbocycles. The number of benzene rings is 2. The lowest BCUT2D eigenvalue weighted by atomic mass is 9.79. The number of aryl methyl sites for hydroxylation is 1. The molecule has 0 saturated heterocycles. The van der Waals surface area contributed by atoms with Crippen LogP contribution in [0.4, 0.5) is 0 Å². The monoisotopic (exact) mass is 432 g/mol. The van der Waals surface area contributed by atoms with Gasteiger partial charge < -0.3 is 4.74 Å². The van der Waals surface area contributed by atoms with Gasteiger partial charge in [0.2, 0.25) is 0 Å². The minimum Gasteiger partial charge on any atom is -0.377 e. The Morgan fingerprint density at radius 2 is 1.38 bits per heavy atom. The third kappa shape index (κ3) is 8.24. The van der Waals surface area contributed by atoms with E-state index in [4.69, 9.17) is 4.74 Å². The molecule has 0 amide bonds. The fourth-order valence-corrected chi connectivity index (χ4v) is 5.08. The molecule has 1 fully saturated rings. The molecule has 3 rings (SSSR count). The molecule has 1 heteroatoms. The van der Waals surface area contributed by atoms with Crippen molar-refractivity contribution in [3.8, 4) is 11.1 Å². The Kier molecular flexibility index (Phi) is 11.1.